The quantitative estimate of drug-likeness (QED) is 0.217. The Kier molecular flexibility index (Phi) is 8.36. The van der Waals surface area contributed by atoms with E-state index in [2.05, 4.69) is 15.2 Å². The molecule has 236 valence electrons. The third kappa shape index (κ3) is 6.10. The minimum Gasteiger partial charge on any atom is -0.493 e. The number of carbonyl (C=O) groups excluding carboxylic acids is 1. The first-order valence-corrected chi connectivity index (χ1v) is 13.5. The van der Waals surface area contributed by atoms with Gasteiger partial charge < -0.3 is 19.4 Å². The maximum absolute atomic E-state index is 15.4. The topological polar surface area (TPSA) is 107 Å². The van der Waals surface area contributed by atoms with E-state index in [1.807, 2.05) is 0 Å². The standard InChI is InChI=1S/C30H27F5N6O4/c1-16(2)41(20-7-5-19(31)6-8-20)26(42)13-40-23-12-18(30(33,34)35)11-21(27(23)39(3)29(40)43)17-9-22(32)28(24(10-17)44-4)45-14-25-36-15-37-38-25/h5-12,15-16H,13-14H2,1-4H3,(H,36,37,38). The first-order valence-electron chi connectivity index (χ1n) is 13.5. The number of methoxy groups -OCH3 is 1. The second kappa shape index (κ2) is 12.1. The predicted octanol–water partition coefficient (Wildman–Crippen LogP) is 5.45. The van der Waals surface area contributed by atoms with Crippen molar-refractivity contribution in [3.63, 3.8) is 0 Å². The molecule has 0 aliphatic heterocycles. The van der Waals surface area contributed by atoms with E-state index in [0.717, 1.165) is 27.3 Å². The number of ether oxygens (including phenoxy) is 2. The highest BCUT2D eigenvalue weighted by atomic mass is 19.4. The van der Waals surface area contributed by atoms with Crippen molar-refractivity contribution in [2.24, 2.45) is 7.05 Å². The molecule has 0 unspecified atom stereocenters. The number of fused-ring (bicyclic) bond motifs is 1. The molecule has 5 rings (SSSR count). The molecule has 1 N–H and O–H groups in total. The highest BCUT2D eigenvalue weighted by Crippen LogP contribution is 2.41. The highest BCUT2D eigenvalue weighted by molar-refractivity contribution is 5.97. The fourth-order valence-corrected chi connectivity index (χ4v) is 5.09. The zero-order valence-electron chi connectivity index (χ0n) is 24.4. The summed E-state index contributed by atoms with van der Waals surface area (Å²) >= 11 is 0. The Morgan fingerprint density at radius 2 is 1.80 bits per heavy atom. The molecule has 15 heteroatoms. The van der Waals surface area contributed by atoms with Gasteiger partial charge in [0.05, 0.1) is 23.7 Å². The van der Waals surface area contributed by atoms with Gasteiger partial charge in [0.2, 0.25) is 5.91 Å². The number of H-pyrrole nitrogens is 1. The Bertz CT molecular complexity index is 1910. The van der Waals surface area contributed by atoms with Gasteiger partial charge in [-0.3, -0.25) is 13.9 Å². The Morgan fingerprint density at radius 3 is 2.40 bits per heavy atom. The van der Waals surface area contributed by atoms with Gasteiger partial charge in [-0.25, -0.2) is 13.6 Å². The Balaban J connectivity index is 1.64. The first-order chi connectivity index (χ1) is 21.3. The summed E-state index contributed by atoms with van der Waals surface area (Å²) in [6.07, 6.45) is -3.55. The smallest absolute Gasteiger partial charge is 0.416 e. The summed E-state index contributed by atoms with van der Waals surface area (Å²) in [6.45, 7) is 2.58. The average molecular weight is 631 g/mol. The summed E-state index contributed by atoms with van der Waals surface area (Å²) in [4.78, 5) is 31.0. The minimum atomic E-state index is -4.86. The molecule has 10 nitrogen and oxygen atoms in total. The predicted molar refractivity (Wildman–Crippen MR) is 154 cm³/mol. The highest BCUT2D eigenvalue weighted by Gasteiger charge is 2.34. The number of benzene rings is 3. The van der Waals surface area contributed by atoms with Crippen LogP contribution in [0.25, 0.3) is 22.2 Å². The van der Waals surface area contributed by atoms with Crippen molar-refractivity contribution in [1.29, 1.82) is 0 Å². The monoisotopic (exact) mass is 630 g/mol. The van der Waals surface area contributed by atoms with Crippen molar-refractivity contribution in [2.45, 2.75) is 39.2 Å². The van der Waals surface area contributed by atoms with E-state index < -0.39 is 47.6 Å². The number of halogens is 5. The molecule has 0 spiro atoms. The van der Waals surface area contributed by atoms with E-state index in [9.17, 15) is 27.2 Å². The fraction of sp³-hybridized carbons (Fsp3) is 0.267. The molecule has 45 heavy (non-hydrogen) atoms. The van der Waals surface area contributed by atoms with Crippen molar-refractivity contribution in [2.75, 3.05) is 12.0 Å². The first kappa shape index (κ1) is 31.2. The second-order valence-electron chi connectivity index (χ2n) is 10.4. The van der Waals surface area contributed by atoms with Gasteiger partial charge in [-0.15, -0.1) is 10.2 Å². The number of rotatable bonds is 9. The maximum Gasteiger partial charge on any atom is 0.416 e. The molecule has 0 saturated heterocycles. The molecule has 1 amide bonds. The van der Waals surface area contributed by atoms with Crippen LogP contribution in [0.3, 0.4) is 0 Å². The Labute approximate surface area is 252 Å². The van der Waals surface area contributed by atoms with Crippen LogP contribution in [0.5, 0.6) is 11.5 Å². The summed E-state index contributed by atoms with van der Waals surface area (Å²) in [6, 6.07) is 8.51. The van der Waals surface area contributed by atoms with Crippen molar-refractivity contribution < 1.29 is 36.2 Å². The molecule has 0 bridgehead atoms. The number of aryl methyl sites for hydroxylation is 1. The van der Waals surface area contributed by atoms with Gasteiger partial charge in [-0.1, -0.05) is 0 Å². The van der Waals surface area contributed by atoms with E-state index in [-0.39, 0.29) is 40.3 Å². The number of imidazole rings is 1. The Hall–Kier alpha value is -5.21. The number of nitrogens with zero attached hydrogens (tertiary/aromatic N) is 5. The van der Waals surface area contributed by atoms with Crippen LogP contribution in [0.4, 0.5) is 27.6 Å². The summed E-state index contributed by atoms with van der Waals surface area (Å²) in [5.74, 6) is -2.22. The molecule has 0 saturated carbocycles. The summed E-state index contributed by atoms with van der Waals surface area (Å²) in [5, 5.41) is 7.37. The largest absolute Gasteiger partial charge is 0.493 e. The van der Waals surface area contributed by atoms with Crippen LogP contribution in [0.1, 0.15) is 25.2 Å². The molecule has 0 atom stereocenters. The molecule has 2 heterocycles. The number of aromatic amines is 1. The van der Waals surface area contributed by atoms with Gasteiger partial charge in [-0.2, -0.15) is 13.2 Å². The van der Waals surface area contributed by atoms with Crippen LogP contribution in [-0.4, -0.2) is 43.4 Å². The lowest BCUT2D eigenvalue weighted by Gasteiger charge is -2.27. The van der Waals surface area contributed by atoms with Crippen molar-refractivity contribution in [3.8, 4) is 22.6 Å². The van der Waals surface area contributed by atoms with Gasteiger partial charge in [0.25, 0.3) is 0 Å². The summed E-state index contributed by atoms with van der Waals surface area (Å²) in [7, 11) is 2.58. The zero-order chi connectivity index (χ0) is 32.6. The van der Waals surface area contributed by atoms with E-state index in [1.165, 1.54) is 55.7 Å². The molecular weight excluding hydrogens is 603 g/mol. The second-order valence-corrected chi connectivity index (χ2v) is 10.4. The summed E-state index contributed by atoms with van der Waals surface area (Å²) < 4.78 is 84.4. The van der Waals surface area contributed by atoms with Crippen molar-refractivity contribution >= 4 is 22.6 Å². The number of nitrogens with one attached hydrogen (secondary N) is 1. The normalized spacial score (nSPS) is 11.8. The maximum atomic E-state index is 15.4. The van der Waals surface area contributed by atoms with Gasteiger partial charge in [0.1, 0.15) is 25.3 Å². The third-order valence-electron chi connectivity index (χ3n) is 7.11. The number of carbonyl (C=O) groups is 1. The number of hydrogen-bond acceptors (Lipinski definition) is 6. The van der Waals surface area contributed by atoms with E-state index >= 15 is 4.39 Å². The van der Waals surface area contributed by atoms with Crippen molar-refractivity contribution in [3.05, 3.63) is 88.4 Å². The number of alkyl halides is 3. The van der Waals surface area contributed by atoms with Crippen LogP contribution >= 0.6 is 0 Å². The lowest BCUT2D eigenvalue weighted by molar-refractivity contribution is -0.137. The van der Waals surface area contributed by atoms with Crippen molar-refractivity contribution in [1.82, 2.24) is 24.3 Å². The van der Waals surface area contributed by atoms with E-state index in [1.54, 1.807) is 13.8 Å². The SMILES string of the molecule is COc1cc(-c2cc(C(F)(F)F)cc3c2n(C)c(=O)n3CC(=O)N(c2ccc(F)cc2)C(C)C)cc(F)c1OCc1nnc[nH]1. The molecule has 0 aliphatic carbocycles. The van der Waals surface area contributed by atoms with E-state index in [4.69, 9.17) is 9.47 Å². The number of amides is 1. The van der Waals surface area contributed by atoms with Gasteiger partial charge >= 0.3 is 11.9 Å². The van der Waals surface area contributed by atoms with Gasteiger partial charge in [0.15, 0.2) is 23.1 Å². The molecule has 3 aromatic carbocycles. The number of hydrogen-bond donors (Lipinski definition) is 1. The molecule has 2 aromatic heterocycles. The number of aromatic nitrogens is 5. The molecule has 5 aromatic rings. The average Bonchev–Trinajstić information content (AvgIpc) is 3.59. The van der Waals surface area contributed by atoms with Gasteiger partial charge in [0, 0.05) is 24.3 Å². The summed E-state index contributed by atoms with van der Waals surface area (Å²) in [5.41, 5.74) is -1.91. The lowest BCUT2D eigenvalue weighted by Crippen LogP contribution is -2.41. The van der Waals surface area contributed by atoms with E-state index in [0.29, 0.717) is 11.5 Å². The van der Waals surface area contributed by atoms with Crippen LogP contribution in [0.15, 0.2) is 59.7 Å². The Morgan fingerprint density at radius 1 is 1.09 bits per heavy atom. The molecule has 0 aliphatic rings. The third-order valence-corrected chi connectivity index (χ3v) is 7.11. The molecule has 0 fully saturated rings. The van der Waals surface area contributed by atoms with Crippen LogP contribution < -0.4 is 20.1 Å². The number of anilines is 1. The van der Waals surface area contributed by atoms with Gasteiger partial charge in [-0.05, 0) is 67.9 Å². The lowest BCUT2D eigenvalue weighted by atomic mass is 9.99. The fourth-order valence-electron chi connectivity index (χ4n) is 5.09. The molecular formula is C30H27F5N6O4. The van der Waals surface area contributed by atoms with Crippen LogP contribution in [0.2, 0.25) is 0 Å². The van der Waals surface area contributed by atoms with Crippen LogP contribution in [0, 0.1) is 11.6 Å². The zero-order valence-corrected chi connectivity index (χ0v) is 24.4. The van der Waals surface area contributed by atoms with Crippen LogP contribution in [-0.2, 0) is 31.2 Å². The minimum absolute atomic E-state index is 0.0236. The molecule has 0 radical (unpaired) electrons.